The number of benzene rings is 3. The molecule has 0 bridgehead atoms. The number of anilines is 1. The SMILES string of the molecule is Cc1ccc2c(c1NC(=O)/C(C#N)=C\c1ccccc1)C(=O)c1ccccc1C2=O. The van der Waals surface area contributed by atoms with E-state index in [1.165, 1.54) is 6.08 Å². The summed E-state index contributed by atoms with van der Waals surface area (Å²) in [5.41, 5.74) is 2.52. The lowest BCUT2D eigenvalue weighted by Gasteiger charge is -2.21. The number of hydrogen-bond acceptors (Lipinski definition) is 4. The Bertz CT molecular complexity index is 1280. The van der Waals surface area contributed by atoms with Crippen molar-refractivity contribution in [3.8, 4) is 6.07 Å². The Kier molecular flexibility index (Phi) is 4.83. The fourth-order valence-corrected chi connectivity index (χ4v) is 3.50. The molecule has 1 aliphatic rings. The van der Waals surface area contributed by atoms with Crippen LogP contribution in [0.3, 0.4) is 0 Å². The van der Waals surface area contributed by atoms with Crippen molar-refractivity contribution in [1.29, 1.82) is 5.26 Å². The third kappa shape index (κ3) is 3.21. The third-order valence-corrected chi connectivity index (χ3v) is 5.02. The molecule has 4 rings (SSSR count). The summed E-state index contributed by atoms with van der Waals surface area (Å²) in [5.74, 6) is -1.24. The van der Waals surface area contributed by atoms with Crippen molar-refractivity contribution in [2.45, 2.75) is 6.92 Å². The molecule has 0 spiro atoms. The van der Waals surface area contributed by atoms with E-state index >= 15 is 0 Å². The minimum Gasteiger partial charge on any atom is -0.320 e. The molecule has 0 unspecified atom stereocenters. The summed E-state index contributed by atoms with van der Waals surface area (Å²) in [6.45, 7) is 1.74. The normalized spacial score (nSPS) is 12.6. The fraction of sp³-hybridized carbons (Fsp3) is 0.0400. The molecule has 1 aliphatic carbocycles. The first-order valence-electron chi connectivity index (χ1n) is 9.31. The second-order valence-corrected chi connectivity index (χ2v) is 6.92. The van der Waals surface area contributed by atoms with Gasteiger partial charge in [-0.2, -0.15) is 5.26 Å². The van der Waals surface area contributed by atoms with Crippen LogP contribution in [0.1, 0.15) is 43.0 Å². The number of nitrogens with zero attached hydrogens (tertiary/aromatic N) is 1. The van der Waals surface area contributed by atoms with E-state index in [-0.39, 0.29) is 34.0 Å². The smallest absolute Gasteiger partial charge is 0.266 e. The first-order chi connectivity index (χ1) is 14.5. The first kappa shape index (κ1) is 19.0. The van der Waals surface area contributed by atoms with Crippen molar-refractivity contribution in [3.63, 3.8) is 0 Å². The average molecular weight is 392 g/mol. The molecule has 0 saturated carbocycles. The highest BCUT2D eigenvalue weighted by Gasteiger charge is 2.32. The van der Waals surface area contributed by atoms with Crippen LogP contribution in [0.15, 0.2) is 72.3 Å². The van der Waals surface area contributed by atoms with Gasteiger partial charge in [0, 0.05) is 16.7 Å². The molecule has 0 aliphatic heterocycles. The van der Waals surface area contributed by atoms with Gasteiger partial charge in [-0.05, 0) is 30.2 Å². The van der Waals surface area contributed by atoms with Crippen LogP contribution in [0.5, 0.6) is 0 Å². The zero-order chi connectivity index (χ0) is 21.3. The number of aryl methyl sites for hydroxylation is 1. The second kappa shape index (κ2) is 7.61. The van der Waals surface area contributed by atoms with Gasteiger partial charge in [0.2, 0.25) is 0 Å². The van der Waals surface area contributed by atoms with Crippen LogP contribution in [0, 0.1) is 18.3 Å². The lowest BCUT2D eigenvalue weighted by molar-refractivity contribution is -0.112. The van der Waals surface area contributed by atoms with Crippen molar-refractivity contribution in [3.05, 3.63) is 106 Å². The highest BCUT2D eigenvalue weighted by molar-refractivity contribution is 6.31. The van der Waals surface area contributed by atoms with E-state index in [9.17, 15) is 19.6 Å². The van der Waals surface area contributed by atoms with Crippen molar-refractivity contribution in [1.82, 2.24) is 0 Å². The summed E-state index contributed by atoms with van der Waals surface area (Å²) >= 11 is 0. The summed E-state index contributed by atoms with van der Waals surface area (Å²) in [6, 6.07) is 20.8. The van der Waals surface area contributed by atoms with Gasteiger partial charge in [-0.1, -0.05) is 60.7 Å². The molecule has 30 heavy (non-hydrogen) atoms. The zero-order valence-corrected chi connectivity index (χ0v) is 16.1. The topological polar surface area (TPSA) is 87.0 Å². The number of carbonyl (C=O) groups is 3. The van der Waals surface area contributed by atoms with Crippen LogP contribution in [0.25, 0.3) is 6.08 Å². The first-order valence-corrected chi connectivity index (χ1v) is 9.31. The number of carbonyl (C=O) groups excluding carboxylic acids is 3. The molecule has 1 amide bonds. The van der Waals surface area contributed by atoms with Crippen LogP contribution in [0.2, 0.25) is 0 Å². The van der Waals surface area contributed by atoms with E-state index in [2.05, 4.69) is 5.32 Å². The van der Waals surface area contributed by atoms with Crippen LogP contribution in [0.4, 0.5) is 5.69 Å². The Morgan fingerprint density at radius 1 is 0.867 bits per heavy atom. The molecule has 0 radical (unpaired) electrons. The predicted molar refractivity (Wildman–Crippen MR) is 113 cm³/mol. The molecule has 0 saturated heterocycles. The monoisotopic (exact) mass is 392 g/mol. The van der Waals surface area contributed by atoms with E-state index < -0.39 is 5.91 Å². The molecule has 3 aromatic carbocycles. The molecule has 0 heterocycles. The minimum absolute atomic E-state index is 0.104. The molecule has 3 aromatic rings. The van der Waals surface area contributed by atoms with Gasteiger partial charge in [0.15, 0.2) is 11.6 Å². The van der Waals surface area contributed by atoms with E-state index in [1.54, 1.807) is 67.6 Å². The van der Waals surface area contributed by atoms with Gasteiger partial charge in [-0.3, -0.25) is 14.4 Å². The Morgan fingerprint density at radius 3 is 2.17 bits per heavy atom. The van der Waals surface area contributed by atoms with Crippen LogP contribution in [-0.2, 0) is 4.79 Å². The average Bonchev–Trinajstić information content (AvgIpc) is 2.77. The van der Waals surface area contributed by atoms with Crippen molar-refractivity contribution in [2.75, 3.05) is 5.32 Å². The van der Waals surface area contributed by atoms with Gasteiger partial charge in [0.1, 0.15) is 11.6 Å². The van der Waals surface area contributed by atoms with Crippen LogP contribution < -0.4 is 5.32 Å². The van der Waals surface area contributed by atoms with E-state index in [0.29, 0.717) is 22.3 Å². The molecule has 0 fully saturated rings. The summed E-state index contributed by atoms with van der Waals surface area (Å²) in [7, 11) is 0. The number of rotatable bonds is 3. The van der Waals surface area contributed by atoms with Crippen molar-refractivity contribution < 1.29 is 14.4 Å². The molecule has 5 nitrogen and oxygen atoms in total. The van der Waals surface area contributed by atoms with Gasteiger partial charge >= 0.3 is 0 Å². The lowest BCUT2D eigenvalue weighted by Crippen LogP contribution is -2.25. The number of amides is 1. The molecule has 5 heteroatoms. The highest BCUT2D eigenvalue weighted by Crippen LogP contribution is 2.34. The third-order valence-electron chi connectivity index (χ3n) is 5.02. The number of fused-ring (bicyclic) bond motifs is 2. The standard InChI is InChI=1S/C25H16N2O3/c1-15-11-12-20-21(24(29)19-10-6-5-9-18(19)23(20)28)22(15)27-25(30)17(14-26)13-16-7-3-2-4-8-16/h2-13H,1H3,(H,27,30)/b17-13-. The summed E-state index contributed by atoms with van der Waals surface area (Å²) < 4.78 is 0. The largest absolute Gasteiger partial charge is 0.320 e. The Balaban J connectivity index is 1.77. The van der Waals surface area contributed by atoms with Gasteiger partial charge < -0.3 is 5.32 Å². The zero-order valence-electron chi connectivity index (χ0n) is 16.1. The lowest BCUT2D eigenvalue weighted by atomic mass is 9.82. The Morgan fingerprint density at radius 2 is 1.50 bits per heavy atom. The highest BCUT2D eigenvalue weighted by atomic mass is 16.2. The maximum atomic E-state index is 13.2. The summed E-state index contributed by atoms with van der Waals surface area (Å²) in [6.07, 6.45) is 1.47. The second-order valence-electron chi connectivity index (χ2n) is 6.92. The maximum absolute atomic E-state index is 13.2. The van der Waals surface area contributed by atoms with Gasteiger partial charge in [-0.25, -0.2) is 0 Å². The molecule has 0 atom stereocenters. The molecular weight excluding hydrogens is 376 g/mol. The van der Waals surface area contributed by atoms with Crippen LogP contribution in [-0.4, -0.2) is 17.5 Å². The Hall–Kier alpha value is -4.30. The van der Waals surface area contributed by atoms with Gasteiger partial charge in [0.25, 0.3) is 5.91 Å². The maximum Gasteiger partial charge on any atom is 0.266 e. The molecular formula is C25H16N2O3. The summed E-state index contributed by atoms with van der Waals surface area (Å²) in [4.78, 5) is 38.9. The van der Waals surface area contributed by atoms with E-state index in [1.807, 2.05) is 12.1 Å². The molecule has 1 N–H and O–H groups in total. The van der Waals surface area contributed by atoms with E-state index in [4.69, 9.17) is 0 Å². The van der Waals surface area contributed by atoms with Gasteiger partial charge in [-0.15, -0.1) is 0 Å². The Labute approximate surface area is 173 Å². The van der Waals surface area contributed by atoms with Crippen molar-refractivity contribution in [2.24, 2.45) is 0 Å². The number of nitriles is 1. The van der Waals surface area contributed by atoms with E-state index in [0.717, 1.165) is 0 Å². The van der Waals surface area contributed by atoms with Crippen LogP contribution >= 0.6 is 0 Å². The number of ketones is 2. The quantitative estimate of drug-likeness (QED) is 0.416. The number of nitrogens with one attached hydrogen (secondary N) is 1. The molecule has 144 valence electrons. The van der Waals surface area contributed by atoms with Gasteiger partial charge in [0.05, 0.1) is 11.3 Å². The predicted octanol–water partition coefficient (Wildman–Crippen LogP) is 4.32. The van der Waals surface area contributed by atoms with Crippen molar-refractivity contribution >= 4 is 29.2 Å². The molecule has 0 aromatic heterocycles. The minimum atomic E-state index is -0.642. The fourth-order valence-electron chi connectivity index (χ4n) is 3.50. The number of hydrogen-bond donors (Lipinski definition) is 1. The summed E-state index contributed by atoms with van der Waals surface area (Å²) in [5, 5.41) is 12.2.